The summed E-state index contributed by atoms with van der Waals surface area (Å²) in [5.74, 6) is 0. The van der Waals surface area contributed by atoms with Gasteiger partial charge in [-0.1, -0.05) is 17.7 Å². The van der Waals surface area contributed by atoms with E-state index in [0.29, 0.717) is 0 Å². The zero-order valence-corrected chi connectivity index (χ0v) is 10.8. The van der Waals surface area contributed by atoms with Gasteiger partial charge in [-0.25, -0.2) is 0 Å². The first-order chi connectivity index (χ1) is 7.77. The highest BCUT2D eigenvalue weighted by Crippen LogP contribution is 2.38. The second-order valence-electron chi connectivity index (χ2n) is 3.49. The van der Waals surface area contributed by atoms with Crippen LogP contribution in [0.25, 0.3) is 21.5 Å². The highest BCUT2D eigenvalue weighted by atomic mass is 35.5. The molecule has 0 amide bonds. The first kappa shape index (κ1) is 10.2. The number of halogens is 1. The Morgan fingerprint density at radius 3 is 2.94 bits per heavy atom. The lowest BCUT2D eigenvalue weighted by Gasteiger charge is -2.05. The molecule has 0 N–H and O–H groups in total. The molecule has 0 aliphatic rings. The van der Waals surface area contributed by atoms with Gasteiger partial charge in [-0.3, -0.25) is 0 Å². The quantitative estimate of drug-likeness (QED) is 0.653. The first-order valence-corrected chi connectivity index (χ1v) is 6.71. The van der Waals surface area contributed by atoms with Crippen molar-refractivity contribution in [3.63, 3.8) is 0 Å². The lowest BCUT2D eigenvalue weighted by atomic mass is 10.1. The van der Waals surface area contributed by atoms with Crippen LogP contribution in [0.4, 0.5) is 0 Å². The van der Waals surface area contributed by atoms with E-state index >= 15 is 0 Å². The van der Waals surface area contributed by atoms with Gasteiger partial charge in [0.1, 0.15) is 11.0 Å². The van der Waals surface area contributed by atoms with Crippen molar-refractivity contribution in [2.75, 3.05) is 0 Å². The van der Waals surface area contributed by atoms with Crippen molar-refractivity contribution in [2.45, 2.75) is 6.92 Å². The number of fused-ring (bicyclic) bond motifs is 1. The highest BCUT2D eigenvalue weighted by molar-refractivity contribution is 7.13. The fraction of sp³-hybridized carbons (Fsp3) is 0.0909. The zero-order chi connectivity index (χ0) is 11.1. The van der Waals surface area contributed by atoms with Crippen LogP contribution in [-0.2, 0) is 0 Å². The monoisotopic (exact) mass is 266 g/mol. The number of hydrogen-bond acceptors (Lipinski definition) is 4. The number of thiophene rings is 1. The summed E-state index contributed by atoms with van der Waals surface area (Å²) in [6, 6.07) is 6.06. The van der Waals surface area contributed by atoms with Gasteiger partial charge in [-0.05, 0) is 30.0 Å². The maximum atomic E-state index is 6.36. The summed E-state index contributed by atoms with van der Waals surface area (Å²) in [7, 11) is 0. The van der Waals surface area contributed by atoms with Gasteiger partial charge >= 0.3 is 0 Å². The van der Waals surface area contributed by atoms with Crippen molar-refractivity contribution >= 4 is 45.7 Å². The Hall–Kier alpha value is -0.970. The van der Waals surface area contributed by atoms with Crippen LogP contribution in [0.2, 0.25) is 5.02 Å². The van der Waals surface area contributed by atoms with Crippen LogP contribution in [0.15, 0.2) is 23.6 Å². The number of rotatable bonds is 1. The standard InChI is InChI=1S/C11H7ClN2S2/c1-6-5-7-11(14-16-13-7)9(10(6)12)8-3-2-4-15-8/h2-5H,1H3. The van der Waals surface area contributed by atoms with Gasteiger partial charge in [0, 0.05) is 10.4 Å². The molecule has 0 spiro atoms. The third-order valence-electron chi connectivity index (χ3n) is 2.44. The van der Waals surface area contributed by atoms with Crippen molar-refractivity contribution in [3.8, 4) is 10.4 Å². The summed E-state index contributed by atoms with van der Waals surface area (Å²) in [6.45, 7) is 2.00. The number of benzene rings is 1. The van der Waals surface area contributed by atoms with Gasteiger partial charge in [0.05, 0.1) is 16.8 Å². The zero-order valence-electron chi connectivity index (χ0n) is 8.40. The number of aromatic nitrogens is 2. The van der Waals surface area contributed by atoms with E-state index in [1.165, 1.54) is 11.7 Å². The van der Waals surface area contributed by atoms with Crippen LogP contribution in [0.1, 0.15) is 5.56 Å². The lowest BCUT2D eigenvalue weighted by Crippen LogP contribution is -1.84. The Morgan fingerprint density at radius 2 is 2.19 bits per heavy atom. The molecule has 2 aromatic heterocycles. The number of nitrogens with zero attached hydrogens (tertiary/aromatic N) is 2. The molecule has 0 aliphatic heterocycles. The van der Waals surface area contributed by atoms with E-state index in [2.05, 4.69) is 14.8 Å². The van der Waals surface area contributed by atoms with Gasteiger partial charge in [0.15, 0.2) is 0 Å². The Bertz CT molecular complexity index is 643. The summed E-state index contributed by atoms with van der Waals surface area (Å²) in [5.41, 5.74) is 3.89. The van der Waals surface area contributed by atoms with E-state index in [0.717, 1.165) is 32.1 Å². The fourth-order valence-corrected chi connectivity index (χ4v) is 3.29. The highest BCUT2D eigenvalue weighted by Gasteiger charge is 2.15. The number of aryl methyl sites for hydroxylation is 1. The third kappa shape index (κ3) is 1.45. The molecule has 0 saturated heterocycles. The summed E-state index contributed by atoms with van der Waals surface area (Å²) < 4.78 is 8.60. The molecule has 2 nitrogen and oxygen atoms in total. The van der Waals surface area contributed by atoms with Crippen LogP contribution in [0.5, 0.6) is 0 Å². The molecule has 0 saturated carbocycles. The Labute approximate surface area is 106 Å². The molecule has 1 aromatic carbocycles. The molecule has 3 rings (SSSR count). The van der Waals surface area contributed by atoms with Gasteiger partial charge in [-0.15, -0.1) is 11.3 Å². The van der Waals surface area contributed by atoms with E-state index < -0.39 is 0 Å². The molecule has 0 unspecified atom stereocenters. The summed E-state index contributed by atoms with van der Waals surface area (Å²) in [5, 5.41) is 2.82. The van der Waals surface area contributed by atoms with Gasteiger partial charge in [0.2, 0.25) is 0 Å². The van der Waals surface area contributed by atoms with Crippen molar-refractivity contribution in [2.24, 2.45) is 0 Å². The maximum absolute atomic E-state index is 6.36. The molecule has 0 radical (unpaired) electrons. The fourth-order valence-electron chi connectivity index (χ4n) is 1.68. The summed E-state index contributed by atoms with van der Waals surface area (Å²) in [6.07, 6.45) is 0. The van der Waals surface area contributed by atoms with E-state index in [4.69, 9.17) is 11.6 Å². The average molecular weight is 267 g/mol. The second kappa shape index (κ2) is 3.80. The minimum atomic E-state index is 0.780. The predicted molar refractivity (Wildman–Crippen MR) is 70.5 cm³/mol. The number of hydrogen-bond donors (Lipinski definition) is 0. The van der Waals surface area contributed by atoms with E-state index in [1.54, 1.807) is 11.3 Å². The molecule has 0 aliphatic carbocycles. The van der Waals surface area contributed by atoms with Crippen LogP contribution in [-0.4, -0.2) is 8.75 Å². The minimum absolute atomic E-state index is 0.780. The molecule has 3 aromatic rings. The Balaban J connectivity index is 2.45. The molecule has 0 atom stereocenters. The maximum Gasteiger partial charge on any atom is 0.114 e. The predicted octanol–water partition coefficient (Wildman–Crippen LogP) is 4.38. The molecule has 0 fully saturated rings. The summed E-state index contributed by atoms with van der Waals surface area (Å²) in [4.78, 5) is 1.14. The van der Waals surface area contributed by atoms with Gasteiger partial charge in [-0.2, -0.15) is 8.75 Å². The molecule has 80 valence electrons. The van der Waals surface area contributed by atoms with Crippen LogP contribution in [0, 0.1) is 6.92 Å². The lowest BCUT2D eigenvalue weighted by molar-refractivity contribution is 1.48. The van der Waals surface area contributed by atoms with E-state index in [9.17, 15) is 0 Å². The molecule has 2 heterocycles. The van der Waals surface area contributed by atoms with Crippen molar-refractivity contribution < 1.29 is 0 Å². The van der Waals surface area contributed by atoms with Gasteiger partial charge < -0.3 is 0 Å². The minimum Gasteiger partial charge on any atom is -0.173 e. The Kier molecular flexibility index (Phi) is 2.42. The molecular weight excluding hydrogens is 260 g/mol. The largest absolute Gasteiger partial charge is 0.173 e. The Morgan fingerprint density at radius 1 is 1.31 bits per heavy atom. The summed E-state index contributed by atoms with van der Waals surface area (Å²) >= 11 is 9.26. The van der Waals surface area contributed by atoms with E-state index in [-0.39, 0.29) is 0 Å². The molecule has 16 heavy (non-hydrogen) atoms. The van der Waals surface area contributed by atoms with Gasteiger partial charge in [0.25, 0.3) is 0 Å². The second-order valence-corrected chi connectivity index (χ2v) is 5.35. The average Bonchev–Trinajstić information content (AvgIpc) is 2.89. The van der Waals surface area contributed by atoms with Crippen LogP contribution < -0.4 is 0 Å². The SMILES string of the molecule is Cc1cc2nsnc2c(-c2cccs2)c1Cl. The smallest absolute Gasteiger partial charge is 0.114 e. The van der Waals surface area contributed by atoms with Crippen molar-refractivity contribution in [3.05, 3.63) is 34.2 Å². The molecule has 0 bridgehead atoms. The van der Waals surface area contributed by atoms with Crippen molar-refractivity contribution in [1.82, 2.24) is 8.75 Å². The van der Waals surface area contributed by atoms with Crippen LogP contribution in [0.3, 0.4) is 0 Å². The topological polar surface area (TPSA) is 25.8 Å². The van der Waals surface area contributed by atoms with Crippen molar-refractivity contribution in [1.29, 1.82) is 0 Å². The molecule has 5 heteroatoms. The van der Waals surface area contributed by atoms with E-state index in [1.807, 2.05) is 24.4 Å². The van der Waals surface area contributed by atoms with Crippen LogP contribution >= 0.6 is 34.7 Å². The molecular formula is C11H7ClN2S2. The normalized spacial score (nSPS) is 11.1. The first-order valence-electron chi connectivity index (χ1n) is 4.72. The third-order valence-corrected chi connectivity index (χ3v) is 4.35.